The van der Waals surface area contributed by atoms with Gasteiger partial charge in [0.25, 0.3) is 0 Å². The molecule has 0 saturated heterocycles. The summed E-state index contributed by atoms with van der Waals surface area (Å²) in [5, 5.41) is 9.93. The van der Waals surface area contributed by atoms with Crippen LogP contribution in [0.1, 0.15) is 18.9 Å². The van der Waals surface area contributed by atoms with Crippen LogP contribution in [0, 0.1) is 0 Å². The zero-order valence-electron chi connectivity index (χ0n) is 11.1. The van der Waals surface area contributed by atoms with Gasteiger partial charge in [-0.25, -0.2) is 0 Å². The standard InChI is InChI=1S/C15H19NO2/c1-4-6-11-7-5-8-12(9-11)14-13(17)10-18-15(14)16(2)3/h5,7-10,17H,4,6H2,1-3H3. The number of hydrogen-bond donors (Lipinski definition) is 1. The molecule has 1 N–H and O–H groups in total. The minimum atomic E-state index is 0.187. The monoisotopic (exact) mass is 245 g/mol. The van der Waals surface area contributed by atoms with Crippen LogP contribution in [0.2, 0.25) is 0 Å². The molecular weight excluding hydrogens is 226 g/mol. The summed E-state index contributed by atoms with van der Waals surface area (Å²) in [4.78, 5) is 1.86. The van der Waals surface area contributed by atoms with Crippen molar-refractivity contribution in [2.75, 3.05) is 19.0 Å². The second-order valence-corrected chi connectivity index (χ2v) is 4.65. The normalized spacial score (nSPS) is 10.6. The first kappa shape index (κ1) is 12.6. The number of anilines is 1. The van der Waals surface area contributed by atoms with Crippen LogP contribution < -0.4 is 4.90 Å². The summed E-state index contributed by atoms with van der Waals surface area (Å²) < 4.78 is 5.39. The van der Waals surface area contributed by atoms with Crippen LogP contribution >= 0.6 is 0 Å². The number of benzene rings is 1. The van der Waals surface area contributed by atoms with E-state index in [1.807, 2.05) is 31.1 Å². The molecule has 0 bridgehead atoms. The molecule has 0 aliphatic rings. The van der Waals surface area contributed by atoms with Gasteiger partial charge in [0.2, 0.25) is 5.88 Å². The smallest absolute Gasteiger partial charge is 0.206 e. The van der Waals surface area contributed by atoms with E-state index in [9.17, 15) is 5.11 Å². The summed E-state index contributed by atoms with van der Waals surface area (Å²) in [6, 6.07) is 8.24. The molecule has 18 heavy (non-hydrogen) atoms. The summed E-state index contributed by atoms with van der Waals surface area (Å²) in [7, 11) is 3.80. The maximum atomic E-state index is 9.93. The van der Waals surface area contributed by atoms with Crippen molar-refractivity contribution in [3.05, 3.63) is 36.1 Å². The van der Waals surface area contributed by atoms with Crippen LogP contribution in [0.4, 0.5) is 5.88 Å². The largest absolute Gasteiger partial charge is 0.504 e. The Hall–Kier alpha value is -1.90. The Morgan fingerprint density at radius 1 is 1.28 bits per heavy atom. The Balaban J connectivity index is 2.47. The summed E-state index contributed by atoms with van der Waals surface area (Å²) >= 11 is 0. The highest BCUT2D eigenvalue weighted by atomic mass is 16.4. The zero-order valence-corrected chi connectivity index (χ0v) is 11.1. The van der Waals surface area contributed by atoms with E-state index in [0.29, 0.717) is 5.88 Å². The minimum Gasteiger partial charge on any atom is -0.504 e. The molecule has 1 aromatic heterocycles. The van der Waals surface area contributed by atoms with Crippen LogP contribution in [-0.2, 0) is 6.42 Å². The Morgan fingerprint density at radius 2 is 2.06 bits per heavy atom. The number of aromatic hydroxyl groups is 1. The summed E-state index contributed by atoms with van der Waals surface area (Å²) in [5.74, 6) is 0.869. The van der Waals surface area contributed by atoms with Gasteiger partial charge in [0.15, 0.2) is 5.75 Å². The molecule has 0 aliphatic carbocycles. The fraction of sp³-hybridized carbons (Fsp3) is 0.333. The van der Waals surface area contributed by atoms with Gasteiger partial charge in [-0.2, -0.15) is 0 Å². The van der Waals surface area contributed by atoms with Gasteiger partial charge < -0.3 is 14.4 Å². The van der Waals surface area contributed by atoms with Gasteiger partial charge in [-0.05, 0) is 17.5 Å². The summed E-state index contributed by atoms with van der Waals surface area (Å²) in [5.41, 5.74) is 3.04. The molecule has 96 valence electrons. The highest BCUT2D eigenvalue weighted by Crippen LogP contribution is 2.39. The van der Waals surface area contributed by atoms with Gasteiger partial charge in [-0.3, -0.25) is 0 Å². The lowest BCUT2D eigenvalue weighted by atomic mass is 10.0. The number of furan rings is 1. The number of nitrogens with zero attached hydrogens (tertiary/aromatic N) is 1. The van der Waals surface area contributed by atoms with Crippen molar-refractivity contribution in [3.8, 4) is 16.9 Å². The fourth-order valence-corrected chi connectivity index (χ4v) is 2.11. The Bertz CT molecular complexity index is 529. The SMILES string of the molecule is CCCc1cccc(-c2c(O)coc2N(C)C)c1. The van der Waals surface area contributed by atoms with Crippen LogP contribution in [0.15, 0.2) is 34.9 Å². The Labute approximate surface area is 108 Å². The molecule has 0 spiro atoms. The quantitative estimate of drug-likeness (QED) is 0.892. The molecule has 0 radical (unpaired) electrons. The van der Waals surface area contributed by atoms with Crippen LogP contribution in [0.3, 0.4) is 0 Å². The van der Waals surface area contributed by atoms with E-state index < -0.39 is 0 Å². The van der Waals surface area contributed by atoms with Crippen LogP contribution in [0.5, 0.6) is 5.75 Å². The van der Waals surface area contributed by atoms with Gasteiger partial charge in [0, 0.05) is 14.1 Å². The molecule has 1 heterocycles. The average molecular weight is 245 g/mol. The van der Waals surface area contributed by atoms with Gasteiger partial charge >= 0.3 is 0 Å². The molecule has 0 amide bonds. The molecule has 2 aromatic rings. The topological polar surface area (TPSA) is 36.6 Å². The molecule has 0 fully saturated rings. The van der Waals surface area contributed by atoms with Crippen molar-refractivity contribution >= 4 is 5.88 Å². The first-order chi connectivity index (χ1) is 8.63. The Morgan fingerprint density at radius 3 is 2.72 bits per heavy atom. The van der Waals surface area contributed by atoms with E-state index in [1.165, 1.54) is 11.8 Å². The number of hydrogen-bond acceptors (Lipinski definition) is 3. The van der Waals surface area contributed by atoms with Crippen LogP contribution in [-0.4, -0.2) is 19.2 Å². The van der Waals surface area contributed by atoms with E-state index in [4.69, 9.17) is 4.42 Å². The van der Waals surface area contributed by atoms with Gasteiger partial charge in [-0.15, -0.1) is 0 Å². The third kappa shape index (κ3) is 2.35. The van der Waals surface area contributed by atoms with Crippen LogP contribution in [0.25, 0.3) is 11.1 Å². The highest BCUT2D eigenvalue weighted by molar-refractivity contribution is 5.80. The van der Waals surface area contributed by atoms with Crippen molar-refractivity contribution in [1.82, 2.24) is 0 Å². The second-order valence-electron chi connectivity index (χ2n) is 4.65. The van der Waals surface area contributed by atoms with Gasteiger partial charge in [-0.1, -0.05) is 37.6 Å². The van der Waals surface area contributed by atoms with Gasteiger partial charge in [0.1, 0.15) is 6.26 Å². The zero-order chi connectivity index (χ0) is 13.1. The van der Waals surface area contributed by atoms with Gasteiger partial charge in [0.05, 0.1) is 5.56 Å². The Kier molecular flexibility index (Phi) is 3.60. The first-order valence-corrected chi connectivity index (χ1v) is 6.20. The van der Waals surface area contributed by atoms with Crippen molar-refractivity contribution in [3.63, 3.8) is 0 Å². The van der Waals surface area contributed by atoms with Crippen molar-refractivity contribution in [2.24, 2.45) is 0 Å². The van der Waals surface area contributed by atoms with E-state index in [1.54, 1.807) is 0 Å². The predicted octanol–water partition coefficient (Wildman–Crippen LogP) is 3.67. The molecular formula is C15H19NO2. The molecule has 3 heteroatoms. The van der Waals surface area contributed by atoms with E-state index in [2.05, 4.69) is 19.1 Å². The first-order valence-electron chi connectivity index (χ1n) is 6.20. The highest BCUT2D eigenvalue weighted by Gasteiger charge is 2.16. The molecule has 0 atom stereocenters. The maximum absolute atomic E-state index is 9.93. The molecule has 0 saturated carbocycles. The van der Waals surface area contributed by atoms with Crippen molar-refractivity contribution in [2.45, 2.75) is 19.8 Å². The van der Waals surface area contributed by atoms with E-state index >= 15 is 0 Å². The lowest BCUT2D eigenvalue weighted by Crippen LogP contribution is -2.08. The lowest BCUT2D eigenvalue weighted by Gasteiger charge is -2.12. The number of rotatable bonds is 4. The third-order valence-corrected chi connectivity index (χ3v) is 2.91. The summed E-state index contributed by atoms with van der Waals surface area (Å²) in [6.45, 7) is 2.16. The summed E-state index contributed by atoms with van der Waals surface area (Å²) in [6.07, 6.45) is 3.54. The average Bonchev–Trinajstić information content (AvgIpc) is 2.72. The third-order valence-electron chi connectivity index (χ3n) is 2.91. The molecule has 1 aromatic carbocycles. The lowest BCUT2D eigenvalue weighted by molar-refractivity contribution is 0.459. The predicted molar refractivity (Wildman–Crippen MR) is 74.1 cm³/mol. The molecule has 3 nitrogen and oxygen atoms in total. The molecule has 0 unspecified atom stereocenters. The van der Waals surface area contributed by atoms with Crippen molar-refractivity contribution in [1.29, 1.82) is 0 Å². The molecule has 0 aliphatic heterocycles. The fourth-order valence-electron chi connectivity index (χ4n) is 2.11. The molecule has 2 rings (SSSR count). The maximum Gasteiger partial charge on any atom is 0.206 e. The number of aryl methyl sites for hydroxylation is 1. The van der Waals surface area contributed by atoms with Crippen molar-refractivity contribution < 1.29 is 9.52 Å². The second kappa shape index (κ2) is 5.17. The minimum absolute atomic E-state index is 0.187. The van der Waals surface area contributed by atoms with E-state index in [-0.39, 0.29) is 5.75 Å². The van der Waals surface area contributed by atoms with E-state index in [0.717, 1.165) is 24.0 Å².